The molecule has 0 bridgehead atoms. The molecule has 3 rings (SSSR count). The van der Waals surface area contributed by atoms with Crippen LogP contribution in [0, 0.1) is 0 Å². The highest BCUT2D eigenvalue weighted by Crippen LogP contribution is 2.34. The van der Waals surface area contributed by atoms with Crippen LogP contribution in [0.2, 0.25) is 0 Å². The average molecular weight is 352 g/mol. The second-order valence-electron chi connectivity index (χ2n) is 5.78. The lowest BCUT2D eigenvalue weighted by Gasteiger charge is -2.09. The molecule has 0 atom stereocenters. The Morgan fingerprint density at radius 1 is 1.15 bits per heavy atom. The highest BCUT2D eigenvalue weighted by atomic mass is 16.5. The number of benzene rings is 2. The predicted molar refractivity (Wildman–Crippen MR) is 98.4 cm³/mol. The fraction of sp³-hybridized carbons (Fsp3) is 0.238. The number of furan rings is 1. The lowest BCUT2D eigenvalue weighted by atomic mass is 10.1. The summed E-state index contributed by atoms with van der Waals surface area (Å²) in [5.41, 5.74) is 2.14. The Morgan fingerprint density at radius 2 is 2.00 bits per heavy atom. The van der Waals surface area contributed by atoms with Gasteiger partial charge < -0.3 is 13.9 Å². The van der Waals surface area contributed by atoms with E-state index in [9.17, 15) is 9.59 Å². The molecule has 0 amide bonds. The van der Waals surface area contributed by atoms with Crippen molar-refractivity contribution >= 4 is 23.2 Å². The number of ether oxygens (including phenoxy) is 2. The first-order valence-corrected chi connectivity index (χ1v) is 8.58. The van der Waals surface area contributed by atoms with E-state index in [0.717, 1.165) is 17.2 Å². The predicted octanol–water partition coefficient (Wildman–Crippen LogP) is 4.63. The largest absolute Gasteiger partial charge is 0.493 e. The number of esters is 1. The van der Waals surface area contributed by atoms with Gasteiger partial charge in [-0.15, -0.1) is 0 Å². The topological polar surface area (TPSA) is 65.7 Å². The van der Waals surface area contributed by atoms with Gasteiger partial charge in [-0.1, -0.05) is 12.1 Å². The molecule has 0 N–H and O–H groups in total. The van der Waals surface area contributed by atoms with Crippen molar-refractivity contribution in [1.82, 2.24) is 0 Å². The van der Waals surface area contributed by atoms with Gasteiger partial charge in [0, 0.05) is 17.4 Å². The zero-order chi connectivity index (χ0) is 18.4. The van der Waals surface area contributed by atoms with Gasteiger partial charge in [-0.05, 0) is 49.7 Å². The minimum atomic E-state index is -0.215. The fourth-order valence-electron chi connectivity index (χ4n) is 2.70. The summed E-state index contributed by atoms with van der Waals surface area (Å²) in [4.78, 5) is 22.3. The third kappa shape index (κ3) is 4.11. The maximum absolute atomic E-state index is 11.4. The first kappa shape index (κ1) is 17.7. The molecule has 134 valence electrons. The number of carbonyl (C=O) groups excluding carboxylic acids is 2. The second kappa shape index (κ2) is 8.34. The van der Waals surface area contributed by atoms with Crippen molar-refractivity contribution in [2.24, 2.45) is 0 Å². The van der Waals surface area contributed by atoms with E-state index in [1.54, 1.807) is 25.1 Å². The van der Waals surface area contributed by atoms with Crippen molar-refractivity contribution in [1.29, 1.82) is 0 Å². The van der Waals surface area contributed by atoms with Gasteiger partial charge >= 0.3 is 5.97 Å². The van der Waals surface area contributed by atoms with Crippen molar-refractivity contribution in [3.63, 3.8) is 0 Å². The molecule has 0 aliphatic rings. The van der Waals surface area contributed by atoms with Gasteiger partial charge in [-0.3, -0.25) is 9.59 Å². The molecule has 0 spiro atoms. The van der Waals surface area contributed by atoms with Crippen LogP contribution in [-0.2, 0) is 9.53 Å². The summed E-state index contributed by atoms with van der Waals surface area (Å²) in [5.74, 6) is 1.14. The van der Waals surface area contributed by atoms with Crippen LogP contribution in [0.15, 0.2) is 52.9 Å². The van der Waals surface area contributed by atoms with E-state index in [1.165, 1.54) is 0 Å². The third-order valence-corrected chi connectivity index (χ3v) is 3.92. The van der Waals surface area contributed by atoms with E-state index in [1.807, 2.05) is 30.3 Å². The molecule has 3 aromatic rings. The normalized spacial score (nSPS) is 10.7. The molecule has 0 unspecified atom stereocenters. The zero-order valence-electron chi connectivity index (χ0n) is 14.6. The van der Waals surface area contributed by atoms with Crippen molar-refractivity contribution in [2.45, 2.75) is 19.8 Å². The van der Waals surface area contributed by atoms with Crippen molar-refractivity contribution in [3.05, 3.63) is 54.1 Å². The van der Waals surface area contributed by atoms with Gasteiger partial charge in [0.2, 0.25) is 0 Å². The Kier molecular flexibility index (Phi) is 5.69. The van der Waals surface area contributed by atoms with Crippen LogP contribution < -0.4 is 4.74 Å². The minimum absolute atomic E-state index is 0.215. The van der Waals surface area contributed by atoms with Crippen LogP contribution in [0.5, 0.6) is 5.75 Å². The number of fused-ring (bicyclic) bond motifs is 1. The van der Waals surface area contributed by atoms with E-state index >= 15 is 0 Å². The van der Waals surface area contributed by atoms with Gasteiger partial charge in [-0.2, -0.15) is 0 Å². The Morgan fingerprint density at radius 3 is 2.81 bits per heavy atom. The maximum atomic E-state index is 11.4. The highest BCUT2D eigenvalue weighted by Gasteiger charge is 2.12. The summed E-state index contributed by atoms with van der Waals surface area (Å²) in [6, 6.07) is 14.8. The number of aldehydes is 1. The number of hydrogen-bond donors (Lipinski definition) is 0. The van der Waals surface area contributed by atoms with Crippen molar-refractivity contribution < 1.29 is 23.5 Å². The molecule has 1 aromatic heterocycles. The summed E-state index contributed by atoms with van der Waals surface area (Å²) < 4.78 is 16.6. The quantitative estimate of drug-likeness (QED) is 0.336. The van der Waals surface area contributed by atoms with E-state index in [-0.39, 0.29) is 5.97 Å². The Bertz CT molecular complexity index is 910. The number of carbonyl (C=O) groups is 2. The first-order valence-electron chi connectivity index (χ1n) is 8.58. The van der Waals surface area contributed by atoms with Crippen LogP contribution in [0.25, 0.3) is 22.3 Å². The molecule has 0 fully saturated rings. The Balaban J connectivity index is 1.74. The van der Waals surface area contributed by atoms with E-state index in [0.29, 0.717) is 48.7 Å². The maximum Gasteiger partial charge on any atom is 0.305 e. The highest BCUT2D eigenvalue weighted by molar-refractivity contribution is 5.89. The molecule has 26 heavy (non-hydrogen) atoms. The van der Waals surface area contributed by atoms with Crippen LogP contribution in [0.1, 0.15) is 30.1 Å². The van der Waals surface area contributed by atoms with Crippen LogP contribution >= 0.6 is 0 Å². The first-order chi connectivity index (χ1) is 12.7. The smallest absolute Gasteiger partial charge is 0.305 e. The monoisotopic (exact) mass is 352 g/mol. The summed E-state index contributed by atoms with van der Waals surface area (Å²) in [7, 11) is 0. The molecule has 2 aromatic carbocycles. The van der Waals surface area contributed by atoms with Gasteiger partial charge in [0.1, 0.15) is 23.4 Å². The molecule has 5 nitrogen and oxygen atoms in total. The number of rotatable bonds is 8. The van der Waals surface area contributed by atoms with E-state index < -0.39 is 0 Å². The fourth-order valence-corrected chi connectivity index (χ4v) is 2.70. The number of hydrogen-bond acceptors (Lipinski definition) is 5. The summed E-state index contributed by atoms with van der Waals surface area (Å²) in [5, 5.41) is 0.863. The Labute approximate surface area is 151 Å². The molecule has 0 aliphatic heterocycles. The van der Waals surface area contributed by atoms with E-state index in [4.69, 9.17) is 13.9 Å². The summed E-state index contributed by atoms with van der Waals surface area (Å²) in [6.07, 6.45) is 1.72. The van der Waals surface area contributed by atoms with Gasteiger partial charge in [0.05, 0.1) is 18.8 Å². The minimum Gasteiger partial charge on any atom is -0.493 e. The number of para-hydroxylation sites is 1. The molecule has 0 aliphatic carbocycles. The summed E-state index contributed by atoms with van der Waals surface area (Å²) in [6.45, 7) is 2.59. The van der Waals surface area contributed by atoms with Crippen LogP contribution in [0.3, 0.4) is 0 Å². The van der Waals surface area contributed by atoms with E-state index in [2.05, 4.69) is 0 Å². The molecule has 1 heterocycles. The molecule has 0 saturated carbocycles. The van der Waals surface area contributed by atoms with Gasteiger partial charge in [0.15, 0.2) is 0 Å². The lowest BCUT2D eigenvalue weighted by molar-refractivity contribution is -0.143. The van der Waals surface area contributed by atoms with Crippen LogP contribution in [-0.4, -0.2) is 25.5 Å². The zero-order valence-corrected chi connectivity index (χ0v) is 14.6. The standard InChI is InChI=1S/C21H20O5/c1-2-24-21(23)8-5-11-25-19-7-4-3-6-17(19)20-13-16-12-15(14-22)9-10-18(16)26-20/h3-4,6-7,9-10,12-14H,2,5,8,11H2,1H3. The van der Waals surface area contributed by atoms with Gasteiger partial charge in [0.25, 0.3) is 0 Å². The molecule has 5 heteroatoms. The molecule has 0 radical (unpaired) electrons. The molecule has 0 saturated heterocycles. The average Bonchev–Trinajstić information content (AvgIpc) is 3.08. The summed E-state index contributed by atoms with van der Waals surface area (Å²) >= 11 is 0. The van der Waals surface area contributed by atoms with Gasteiger partial charge in [-0.25, -0.2) is 0 Å². The van der Waals surface area contributed by atoms with Crippen LogP contribution in [0.4, 0.5) is 0 Å². The molecular weight excluding hydrogens is 332 g/mol. The van der Waals surface area contributed by atoms with Crippen molar-refractivity contribution in [2.75, 3.05) is 13.2 Å². The Hall–Kier alpha value is -3.08. The SMILES string of the molecule is CCOC(=O)CCCOc1ccccc1-c1cc2cc(C=O)ccc2o1. The van der Waals surface area contributed by atoms with Crippen molar-refractivity contribution in [3.8, 4) is 17.1 Å². The lowest BCUT2D eigenvalue weighted by Crippen LogP contribution is -2.07. The molecular formula is C21H20O5. The second-order valence-corrected chi connectivity index (χ2v) is 5.78. The third-order valence-electron chi connectivity index (χ3n) is 3.92.